The molecule has 148 valence electrons. The van der Waals surface area contributed by atoms with Gasteiger partial charge in [0.1, 0.15) is 6.10 Å². The third-order valence-electron chi connectivity index (χ3n) is 6.30. The first-order valence-corrected chi connectivity index (χ1v) is 9.51. The number of rotatable bonds is 3. The Balaban J connectivity index is 1.46. The van der Waals surface area contributed by atoms with Gasteiger partial charge in [0.15, 0.2) is 5.79 Å². The van der Waals surface area contributed by atoms with E-state index in [0.29, 0.717) is 32.4 Å². The summed E-state index contributed by atoms with van der Waals surface area (Å²) in [6.45, 7) is 2.52. The Hall–Kier alpha value is -1.57. The lowest BCUT2D eigenvalue weighted by Crippen LogP contribution is -2.44. The van der Waals surface area contributed by atoms with E-state index < -0.39 is 17.8 Å². The highest BCUT2D eigenvalue weighted by molar-refractivity contribution is 6.00. The van der Waals surface area contributed by atoms with Crippen LogP contribution in [0, 0.1) is 5.41 Å². The molecule has 1 aliphatic carbocycles. The molecule has 1 unspecified atom stereocenters. The van der Waals surface area contributed by atoms with Crippen molar-refractivity contribution in [3.63, 3.8) is 0 Å². The van der Waals surface area contributed by atoms with Gasteiger partial charge in [0.05, 0.1) is 18.6 Å². The van der Waals surface area contributed by atoms with Gasteiger partial charge in [-0.25, -0.2) is 8.78 Å². The molecule has 1 atom stereocenters. The van der Waals surface area contributed by atoms with Gasteiger partial charge < -0.3 is 19.5 Å². The molecule has 1 aromatic rings. The summed E-state index contributed by atoms with van der Waals surface area (Å²) >= 11 is 0. The molecule has 2 heterocycles. The fourth-order valence-electron chi connectivity index (χ4n) is 4.56. The fourth-order valence-corrected chi connectivity index (χ4v) is 4.56. The zero-order chi connectivity index (χ0) is 19.3. The average Bonchev–Trinajstić information content (AvgIpc) is 3.23. The van der Waals surface area contributed by atoms with Gasteiger partial charge in [-0.2, -0.15) is 0 Å². The standard InChI is InChI=1S/C20H25F2NO4/c1-18(21,22)16(24)14-2-4-15(5-3-14)23-11-10-19(17(23)25)6-8-20(9-7-19)26-12-13-27-20/h2-5,16,24H,6-13H2,1H3. The van der Waals surface area contributed by atoms with Crippen molar-refractivity contribution in [3.05, 3.63) is 29.8 Å². The van der Waals surface area contributed by atoms with Crippen LogP contribution in [0.1, 0.15) is 50.7 Å². The zero-order valence-corrected chi connectivity index (χ0v) is 15.4. The van der Waals surface area contributed by atoms with Crippen LogP contribution in [0.25, 0.3) is 0 Å². The average molecular weight is 381 g/mol. The van der Waals surface area contributed by atoms with Crippen LogP contribution in [0.4, 0.5) is 14.5 Å². The first-order valence-electron chi connectivity index (χ1n) is 9.51. The molecule has 1 amide bonds. The van der Waals surface area contributed by atoms with E-state index in [9.17, 15) is 18.7 Å². The molecule has 3 fully saturated rings. The van der Waals surface area contributed by atoms with Gasteiger partial charge >= 0.3 is 0 Å². The number of amides is 1. The van der Waals surface area contributed by atoms with Crippen LogP contribution in [0.5, 0.6) is 0 Å². The zero-order valence-electron chi connectivity index (χ0n) is 15.4. The monoisotopic (exact) mass is 381 g/mol. The topological polar surface area (TPSA) is 59.0 Å². The molecule has 3 aliphatic rings. The summed E-state index contributed by atoms with van der Waals surface area (Å²) in [7, 11) is 0. The Morgan fingerprint density at radius 2 is 1.67 bits per heavy atom. The molecule has 1 N–H and O–H groups in total. The number of halogens is 2. The maximum absolute atomic E-state index is 13.3. The highest BCUT2D eigenvalue weighted by atomic mass is 19.3. The maximum Gasteiger partial charge on any atom is 0.274 e. The van der Waals surface area contributed by atoms with Gasteiger partial charge in [-0.1, -0.05) is 12.1 Å². The van der Waals surface area contributed by atoms with Crippen LogP contribution in [-0.4, -0.2) is 42.5 Å². The van der Waals surface area contributed by atoms with E-state index in [1.54, 1.807) is 17.0 Å². The summed E-state index contributed by atoms with van der Waals surface area (Å²) in [6, 6.07) is 6.20. The van der Waals surface area contributed by atoms with E-state index in [-0.39, 0.29) is 16.9 Å². The normalized spacial score (nSPS) is 25.5. The predicted octanol–water partition coefficient (Wildman–Crippen LogP) is 3.42. The minimum atomic E-state index is -3.21. The third-order valence-corrected chi connectivity index (χ3v) is 6.30. The van der Waals surface area contributed by atoms with Crippen LogP contribution >= 0.6 is 0 Å². The molecule has 0 aromatic heterocycles. The fraction of sp³-hybridized carbons (Fsp3) is 0.650. The summed E-state index contributed by atoms with van der Waals surface area (Å²) in [5, 5.41) is 9.71. The molecule has 5 nitrogen and oxygen atoms in total. The summed E-state index contributed by atoms with van der Waals surface area (Å²) in [5.41, 5.74) is 0.443. The lowest BCUT2D eigenvalue weighted by Gasteiger charge is -2.40. The van der Waals surface area contributed by atoms with E-state index in [4.69, 9.17) is 9.47 Å². The van der Waals surface area contributed by atoms with Crippen LogP contribution in [0.3, 0.4) is 0 Å². The number of alkyl halides is 2. The molecule has 4 rings (SSSR count). The van der Waals surface area contributed by atoms with Crippen LogP contribution in [0.15, 0.2) is 24.3 Å². The van der Waals surface area contributed by atoms with E-state index in [1.165, 1.54) is 12.1 Å². The van der Waals surface area contributed by atoms with Crippen molar-refractivity contribution >= 4 is 11.6 Å². The number of carbonyl (C=O) groups is 1. The number of carbonyl (C=O) groups excluding carboxylic acids is 1. The SMILES string of the molecule is CC(F)(F)C(O)c1ccc(N2CCC3(CCC4(CC3)OCCO4)C2=O)cc1. The summed E-state index contributed by atoms with van der Waals surface area (Å²) in [5.74, 6) is -3.62. The quantitative estimate of drug-likeness (QED) is 0.872. The van der Waals surface area contributed by atoms with Gasteiger partial charge in [-0.05, 0) is 37.0 Å². The number of anilines is 1. The maximum atomic E-state index is 13.3. The Morgan fingerprint density at radius 1 is 1.07 bits per heavy atom. The second-order valence-corrected chi connectivity index (χ2v) is 8.05. The lowest BCUT2D eigenvalue weighted by atomic mass is 9.71. The Labute approximate surface area is 157 Å². The molecule has 2 spiro atoms. The second-order valence-electron chi connectivity index (χ2n) is 8.05. The highest BCUT2D eigenvalue weighted by Crippen LogP contribution is 2.50. The number of benzene rings is 1. The Bertz CT molecular complexity index is 700. The van der Waals surface area contributed by atoms with Crippen molar-refractivity contribution in [2.45, 2.75) is 56.8 Å². The van der Waals surface area contributed by atoms with Crippen LogP contribution in [-0.2, 0) is 14.3 Å². The summed E-state index contributed by atoms with van der Waals surface area (Å²) in [4.78, 5) is 14.9. The smallest absolute Gasteiger partial charge is 0.274 e. The minimum absolute atomic E-state index is 0.0875. The van der Waals surface area contributed by atoms with Crippen molar-refractivity contribution < 1.29 is 28.2 Å². The van der Waals surface area contributed by atoms with Gasteiger partial charge in [0, 0.05) is 32.0 Å². The lowest BCUT2D eigenvalue weighted by molar-refractivity contribution is -0.191. The van der Waals surface area contributed by atoms with Gasteiger partial charge in [0.2, 0.25) is 5.91 Å². The van der Waals surface area contributed by atoms with Crippen molar-refractivity contribution in [2.75, 3.05) is 24.7 Å². The predicted molar refractivity (Wildman–Crippen MR) is 94.5 cm³/mol. The van der Waals surface area contributed by atoms with Crippen LogP contribution < -0.4 is 4.90 Å². The summed E-state index contributed by atoms with van der Waals surface area (Å²) in [6.07, 6.45) is 1.85. The van der Waals surface area contributed by atoms with Gasteiger partial charge in [-0.15, -0.1) is 0 Å². The number of hydrogen-bond acceptors (Lipinski definition) is 4. The molecular weight excluding hydrogens is 356 g/mol. The van der Waals surface area contributed by atoms with E-state index in [0.717, 1.165) is 32.1 Å². The summed E-state index contributed by atoms with van der Waals surface area (Å²) < 4.78 is 38.1. The van der Waals surface area contributed by atoms with Crippen molar-refractivity contribution in [1.82, 2.24) is 0 Å². The molecule has 0 bridgehead atoms. The van der Waals surface area contributed by atoms with Crippen molar-refractivity contribution in [3.8, 4) is 0 Å². The first-order chi connectivity index (χ1) is 12.7. The second kappa shape index (κ2) is 6.50. The highest BCUT2D eigenvalue weighted by Gasteiger charge is 2.53. The van der Waals surface area contributed by atoms with Crippen LogP contribution in [0.2, 0.25) is 0 Å². The Morgan fingerprint density at radius 3 is 2.22 bits per heavy atom. The van der Waals surface area contributed by atoms with Gasteiger partial charge in [-0.3, -0.25) is 4.79 Å². The molecule has 1 saturated carbocycles. The van der Waals surface area contributed by atoms with E-state index in [2.05, 4.69) is 0 Å². The molecular formula is C20H25F2NO4. The number of ether oxygens (including phenoxy) is 2. The number of hydrogen-bond donors (Lipinski definition) is 1. The molecule has 0 radical (unpaired) electrons. The van der Waals surface area contributed by atoms with E-state index >= 15 is 0 Å². The number of nitrogens with zero attached hydrogens (tertiary/aromatic N) is 1. The first kappa shape index (κ1) is 18.8. The molecule has 27 heavy (non-hydrogen) atoms. The largest absolute Gasteiger partial charge is 0.382 e. The Kier molecular flexibility index (Phi) is 4.52. The van der Waals surface area contributed by atoms with Crippen molar-refractivity contribution in [1.29, 1.82) is 0 Å². The molecule has 2 saturated heterocycles. The number of aliphatic hydroxyl groups excluding tert-OH is 1. The molecule has 2 aliphatic heterocycles. The molecule has 7 heteroatoms. The minimum Gasteiger partial charge on any atom is -0.382 e. The number of aliphatic hydroxyl groups is 1. The van der Waals surface area contributed by atoms with Gasteiger partial charge in [0.25, 0.3) is 5.92 Å². The van der Waals surface area contributed by atoms with E-state index in [1.807, 2.05) is 0 Å². The van der Waals surface area contributed by atoms with Crippen molar-refractivity contribution in [2.24, 2.45) is 5.41 Å². The third kappa shape index (κ3) is 3.26. The molecule has 1 aromatic carbocycles.